The van der Waals surface area contributed by atoms with Gasteiger partial charge in [-0.05, 0) is 38.7 Å². The van der Waals surface area contributed by atoms with Crippen LogP contribution < -0.4 is 11.3 Å². The smallest absolute Gasteiger partial charge is 0.399 e. The van der Waals surface area contributed by atoms with E-state index in [1.807, 2.05) is 45.9 Å². The number of nitrogens with zero attached hydrogens (tertiary/aromatic N) is 1. The van der Waals surface area contributed by atoms with Crippen molar-refractivity contribution in [3.05, 3.63) is 29.3 Å². The Bertz CT molecular complexity index is 570. The van der Waals surface area contributed by atoms with Crippen molar-refractivity contribution >= 4 is 18.5 Å². The predicted molar refractivity (Wildman–Crippen MR) is 76.2 cm³/mol. The summed E-state index contributed by atoms with van der Waals surface area (Å²) in [5.41, 5.74) is 1.45. The molecule has 0 bridgehead atoms. The third kappa shape index (κ3) is 1.79. The van der Waals surface area contributed by atoms with Crippen molar-refractivity contribution in [3.63, 3.8) is 0 Å². The maximum absolute atomic E-state index is 12.2. The predicted octanol–water partition coefficient (Wildman–Crippen LogP) is 0.815. The molecule has 1 saturated heterocycles. The molecule has 2 aliphatic heterocycles. The lowest BCUT2D eigenvalue weighted by Gasteiger charge is -2.32. The normalized spacial score (nSPS) is 23.4. The first-order chi connectivity index (χ1) is 9.23. The molecule has 0 radical (unpaired) electrons. The molecule has 106 valence electrons. The van der Waals surface area contributed by atoms with Crippen LogP contribution in [0.25, 0.3) is 0 Å². The molecular formula is C14H19BN2O3. The van der Waals surface area contributed by atoms with Crippen LogP contribution in [0.15, 0.2) is 18.2 Å². The van der Waals surface area contributed by atoms with Gasteiger partial charge in [0.25, 0.3) is 5.91 Å². The fourth-order valence-electron chi connectivity index (χ4n) is 2.58. The Hall–Kier alpha value is -1.37. The highest BCUT2D eigenvalue weighted by molar-refractivity contribution is 6.63. The molecule has 0 saturated carbocycles. The molecule has 0 atom stereocenters. The van der Waals surface area contributed by atoms with E-state index in [2.05, 4.69) is 0 Å². The minimum absolute atomic E-state index is 0.176. The molecule has 2 aliphatic rings. The second-order valence-electron chi connectivity index (χ2n) is 6.40. The largest absolute Gasteiger partial charge is 0.495 e. The number of hydrogen-bond acceptors (Lipinski definition) is 4. The molecule has 1 fully saturated rings. The highest BCUT2D eigenvalue weighted by Gasteiger charge is 2.53. The summed E-state index contributed by atoms with van der Waals surface area (Å²) >= 11 is 0. The van der Waals surface area contributed by atoms with Gasteiger partial charge < -0.3 is 9.31 Å². The van der Waals surface area contributed by atoms with Gasteiger partial charge in [0.1, 0.15) is 0 Å². The molecule has 2 heterocycles. The number of nitrogens with two attached hydrogens (primary N) is 1. The van der Waals surface area contributed by atoms with E-state index < -0.39 is 18.3 Å². The molecule has 3 rings (SSSR count). The van der Waals surface area contributed by atoms with Gasteiger partial charge in [0.2, 0.25) is 0 Å². The molecule has 1 amide bonds. The second-order valence-corrected chi connectivity index (χ2v) is 6.40. The first-order valence-corrected chi connectivity index (χ1v) is 6.77. The standard InChI is InChI=1S/C14H19BN2O3/c1-13(2)14(3,4)20-15(19-13)10-7-5-6-9-8-17(16)12(18)11(9)10/h5-7H,8,16H2,1-4H3. The van der Waals surface area contributed by atoms with Crippen LogP contribution in [0.3, 0.4) is 0 Å². The van der Waals surface area contributed by atoms with E-state index in [-0.39, 0.29) is 5.91 Å². The highest BCUT2D eigenvalue weighted by Crippen LogP contribution is 2.37. The highest BCUT2D eigenvalue weighted by atomic mass is 16.7. The van der Waals surface area contributed by atoms with Gasteiger partial charge in [0.15, 0.2) is 0 Å². The second kappa shape index (κ2) is 4.07. The average Bonchev–Trinajstić information content (AvgIpc) is 2.74. The van der Waals surface area contributed by atoms with Crippen molar-refractivity contribution in [2.24, 2.45) is 5.84 Å². The van der Waals surface area contributed by atoms with Gasteiger partial charge in [-0.2, -0.15) is 0 Å². The fraction of sp³-hybridized carbons (Fsp3) is 0.500. The topological polar surface area (TPSA) is 64.8 Å². The number of carbonyl (C=O) groups is 1. The summed E-state index contributed by atoms with van der Waals surface area (Å²) in [6, 6.07) is 5.69. The first-order valence-electron chi connectivity index (χ1n) is 6.77. The summed E-state index contributed by atoms with van der Waals surface area (Å²) in [5.74, 6) is 5.53. The van der Waals surface area contributed by atoms with Crippen LogP contribution in [0.4, 0.5) is 0 Å². The molecule has 2 N–H and O–H groups in total. The third-order valence-electron chi connectivity index (χ3n) is 4.51. The molecule has 1 aromatic carbocycles. The number of fused-ring (bicyclic) bond motifs is 1. The number of amides is 1. The summed E-state index contributed by atoms with van der Waals surface area (Å²) in [7, 11) is -0.537. The van der Waals surface area contributed by atoms with Crippen LogP contribution in [0, 0.1) is 0 Å². The minimum Gasteiger partial charge on any atom is -0.399 e. The molecule has 0 aromatic heterocycles. The quantitative estimate of drug-likeness (QED) is 0.467. The van der Waals surface area contributed by atoms with E-state index in [4.69, 9.17) is 15.2 Å². The number of hydrazine groups is 1. The third-order valence-corrected chi connectivity index (χ3v) is 4.51. The Morgan fingerprint density at radius 3 is 2.40 bits per heavy atom. The summed E-state index contributed by atoms with van der Waals surface area (Å²) in [5, 5.41) is 1.22. The molecule has 6 heteroatoms. The molecule has 0 aliphatic carbocycles. The van der Waals surface area contributed by atoms with Crippen molar-refractivity contribution in [2.75, 3.05) is 0 Å². The number of hydrogen-bond donors (Lipinski definition) is 1. The molecule has 0 unspecified atom stereocenters. The summed E-state index contributed by atoms with van der Waals surface area (Å²) < 4.78 is 12.1. The van der Waals surface area contributed by atoms with E-state index in [1.54, 1.807) is 0 Å². The number of benzene rings is 1. The zero-order valence-corrected chi connectivity index (χ0v) is 12.3. The minimum atomic E-state index is -0.537. The van der Waals surface area contributed by atoms with Gasteiger partial charge in [-0.3, -0.25) is 9.80 Å². The maximum atomic E-state index is 12.2. The van der Waals surface area contributed by atoms with E-state index in [9.17, 15) is 4.79 Å². The van der Waals surface area contributed by atoms with Crippen LogP contribution >= 0.6 is 0 Å². The zero-order chi connectivity index (χ0) is 14.7. The monoisotopic (exact) mass is 274 g/mol. The van der Waals surface area contributed by atoms with Gasteiger partial charge in [-0.15, -0.1) is 0 Å². The first kappa shape index (κ1) is 13.6. The molecule has 0 spiro atoms. The molecular weight excluding hydrogens is 255 g/mol. The van der Waals surface area contributed by atoms with Crippen molar-refractivity contribution in [1.29, 1.82) is 0 Å². The van der Waals surface area contributed by atoms with Gasteiger partial charge in [-0.25, -0.2) is 5.84 Å². The van der Waals surface area contributed by atoms with Crippen LogP contribution in [0.1, 0.15) is 43.6 Å². The van der Waals surface area contributed by atoms with E-state index in [1.165, 1.54) is 5.01 Å². The SMILES string of the molecule is CC1(C)OB(c2cccc3c2C(=O)N(N)C3)OC1(C)C. The van der Waals surface area contributed by atoms with Crippen LogP contribution in [-0.4, -0.2) is 29.2 Å². The van der Waals surface area contributed by atoms with Gasteiger partial charge in [-0.1, -0.05) is 18.2 Å². The van der Waals surface area contributed by atoms with Crippen molar-refractivity contribution in [1.82, 2.24) is 5.01 Å². The number of carbonyl (C=O) groups excluding carboxylic acids is 1. The van der Waals surface area contributed by atoms with Crippen molar-refractivity contribution in [2.45, 2.75) is 45.4 Å². The Balaban J connectivity index is 2.03. The Labute approximate surface area is 119 Å². The maximum Gasteiger partial charge on any atom is 0.495 e. The summed E-state index contributed by atoms with van der Waals surface area (Å²) in [6.07, 6.45) is 0. The van der Waals surface area contributed by atoms with Crippen molar-refractivity contribution in [3.8, 4) is 0 Å². The van der Waals surface area contributed by atoms with Gasteiger partial charge in [0.05, 0.1) is 17.7 Å². The van der Waals surface area contributed by atoms with Crippen LogP contribution in [-0.2, 0) is 15.9 Å². The molecule has 5 nitrogen and oxygen atoms in total. The van der Waals surface area contributed by atoms with Gasteiger partial charge >= 0.3 is 7.12 Å². The Morgan fingerprint density at radius 2 is 1.80 bits per heavy atom. The fourth-order valence-corrected chi connectivity index (χ4v) is 2.58. The Morgan fingerprint density at radius 1 is 1.20 bits per heavy atom. The molecule has 20 heavy (non-hydrogen) atoms. The summed E-state index contributed by atoms with van der Waals surface area (Å²) in [4.78, 5) is 12.2. The lowest BCUT2D eigenvalue weighted by atomic mass is 9.75. The Kier molecular flexibility index (Phi) is 2.77. The van der Waals surface area contributed by atoms with Gasteiger partial charge in [0, 0.05) is 5.56 Å². The average molecular weight is 274 g/mol. The summed E-state index contributed by atoms with van der Waals surface area (Å²) in [6.45, 7) is 8.41. The van der Waals surface area contributed by atoms with E-state index in [0.717, 1.165) is 11.0 Å². The lowest BCUT2D eigenvalue weighted by Crippen LogP contribution is -2.41. The van der Waals surface area contributed by atoms with Crippen LogP contribution in [0.2, 0.25) is 0 Å². The van der Waals surface area contributed by atoms with Crippen LogP contribution in [0.5, 0.6) is 0 Å². The van der Waals surface area contributed by atoms with E-state index >= 15 is 0 Å². The lowest BCUT2D eigenvalue weighted by molar-refractivity contribution is 0.00578. The van der Waals surface area contributed by atoms with Crippen molar-refractivity contribution < 1.29 is 14.1 Å². The molecule has 1 aromatic rings. The zero-order valence-electron chi connectivity index (χ0n) is 12.3. The van der Waals surface area contributed by atoms with E-state index in [0.29, 0.717) is 12.1 Å². The number of rotatable bonds is 1.